The number of nitrogens with zero attached hydrogens (tertiary/aromatic N) is 1. The Hall–Kier alpha value is -2.40. The van der Waals surface area contributed by atoms with Gasteiger partial charge >= 0.3 is 5.97 Å². The van der Waals surface area contributed by atoms with Crippen molar-refractivity contribution >= 4 is 11.9 Å². The first kappa shape index (κ1) is 21.9. The molecule has 1 unspecified atom stereocenters. The average molecular weight is 386 g/mol. The van der Waals surface area contributed by atoms with Gasteiger partial charge in [-0.15, -0.1) is 0 Å². The maximum absolute atomic E-state index is 12.3. The molecule has 28 heavy (non-hydrogen) atoms. The number of amides is 1. The fraction of sp³-hybridized carbons (Fsp3) is 0.478. The second-order valence-electron chi connectivity index (χ2n) is 7.09. The second-order valence-corrected chi connectivity index (χ2v) is 7.09. The van der Waals surface area contributed by atoms with Gasteiger partial charge in [0, 0.05) is 25.8 Å². The van der Waals surface area contributed by atoms with Crippen molar-refractivity contribution in [3.63, 3.8) is 0 Å². The topological polar surface area (TPSA) is 66.8 Å². The Balaban J connectivity index is 1.83. The number of esters is 1. The molecule has 5 nitrogen and oxygen atoms in total. The van der Waals surface area contributed by atoms with E-state index in [4.69, 9.17) is 0 Å². The van der Waals surface area contributed by atoms with Crippen LogP contribution in [0.15, 0.2) is 54.6 Å². The number of ether oxygens (including phenoxy) is 1. The molecule has 152 valence electrons. The number of carbonyl (C=O) groups is 2. The molecule has 1 fully saturated rings. The summed E-state index contributed by atoms with van der Waals surface area (Å²) in [7, 11) is 1.39. The largest absolute Gasteiger partial charge is 0.469 e. The number of allylic oxidation sites excluding steroid dienone is 1. The molecule has 2 rings (SSSR count). The van der Waals surface area contributed by atoms with Gasteiger partial charge in [0.2, 0.25) is 5.91 Å². The zero-order valence-electron chi connectivity index (χ0n) is 16.6. The van der Waals surface area contributed by atoms with Crippen molar-refractivity contribution in [3.8, 4) is 0 Å². The van der Waals surface area contributed by atoms with Gasteiger partial charge in [-0.25, -0.2) is 0 Å². The third-order valence-corrected chi connectivity index (χ3v) is 4.90. The van der Waals surface area contributed by atoms with Crippen LogP contribution >= 0.6 is 0 Å². The van der Waals surface area contributed by atoms with Crippen molar-refractivity contribution in [2.45, 2.75) is 57.1 Å². The monoisotopic (exact) mass is 385 g/mol. The molecule has 1 amide bonds. The second kappa shape index (κ2) is 12.1. The first-order chi connectivity index (χ1) is 13.6. The summed E-state index contributed by atoms with van der Waals surface area (Å²) in [5.74, 6) is -0.0449. The van der Waals surface area contributed by atoms with Crippen LogP contribution in [-0.2, 0) is 20.7 Å². The number of piperidine rings is 1. The van der Waals surface area contributed by atoms with E-state index in [9.17, 15) is 14.7 Å². The predicted molar refractivity (Wildman–Crippen MR) is 110 cm³/mol. The highest BCUT2D eigenvalue weighted by Crippen LogP contribution is 2.20. The number of hydrogen-bond acceptors (Lipinski definition) is 4. The molecule has 1 aliphatic rings. The lowest BCUT2D eigenvalue weighted by Crippen LogP contribution is -2.42. The molecule has 2 atom stereocenters. The van der Waals surface area contributed by atoms with Crippen LogP contribution in [0.2, 0.25) is 0 Å². The molecule has 1 saturated heterocycles. The van der Waals surface area contributed by atoms with Crippen molar-refractivity contribution in [1.82, 2.24) is 4.90 Å². The highest BCUT2D eigenvalue weighted by molar-refractivity contribution is 5.77. The van der Waals surface area contributed by atoms with Crippen LogP contribution in [-0.4, -0.2) is 47.7 Å². The third-order valence-electron chi connectivity index (χ3n) is 4.90. The van der Waals surface area contributed by atoms with Gasteiger partial charge in [-0.3, -0.25) is 9.59 Å². The molecule has 0 aliphatic carbocycles. The number of methoxy groups -OCH3 is 1. The first-order valence-corrected chi connectivity index (χ1v) is 10.0. The summed E-state index contributed by atoms with van der Waals surface area (Å²) < 4.78 is 4.62. The lowest BCUT2D eigenvalue weighted by molar-refractivity contribution is -0.140. The molecular weight excluding hydrogens is 354 g/mol. The van der Waals surface area contributed by atoms with Crippen LogP contribution in [0.1, 0.15) is 44.1 Å². The molecule has 0 aromatic heterocycles. The van der Waals surface area contributed by atoms with Gasteiger partial charge < -0.3 is 14.7 Å². The van der Waals surface area contributed by atoms with Gasteiger partial charge in [0.15, 0.2) is 0 Å². The van der Waals surface area contributed by atoms with E-state index in [1.807, 2.05) is 59.5 Å². The van der Waals surface area contributed by atoms with Crippen LogP contribution in [0.3, 0.4) is 0 Å². The van der Waals surface area contributed by atoms with E-state index in [0.29, 0.717) is 25.8 Å². The fourth-order valence-corrected chi connectivity index (χ4v) is 3.34. The van der Waals surface area contributed by atoms with E-state index >= 15 is 0 Å². The molecule has 1 N–H and O–H groups in total. The summed E-state index contributed by atoms with van der Waals surface area (Å²) >= 11 is 0. The Kier molecular flexibility index (Phi) is 9.49. The third kappa shape index (κ3) is 7.69. The predicted octanol–water partition coefficient (Wildman–Crippen LogP) is 3.43. The van der Waals surface area contributed by atoms with Gasteiger partial charge in [-0.2, -0.15) is 0 Å². The molecule has 1 aromatic carbocycles. The van der Waals surface area contributed by atoms with Crippen LogP contribution < -0.4 is 0 Å². The fourth-order valence-electron chi connectivity index (χ4n) is 3.34. The number of benzene rings is 1. The molecule has 1 heterocycles. The minimum absolute atomic E-state index is 0.0198. The zero-order chi connectivity index (χ0) is 20.2. The average Bonchev–Trinajstić information content (AvgIpc) is 2.70. The molecule has 1 aromatic rings. The van der Waals surface area contributed by atoms with E-state index in [1.54, 1.807) is 0 Å². The molecular formula is C23H31NO4. The van der Waals surface area contributed by atoms with E-state index < -0.39 is 6.10 Å². The van der Waals surface area contributed by atoms with Crippen molar-refractivity contribution < 1.29 is 19.4 Å². The summed E-state index contributed by atoms with van der Waals surface area (Å²) in [6, 6.07) is 9.90. The minimum Gasteiger partial charge on any atom is -0.469 e. The quantitative estimate of drug-likeness (QED) is 0.381. The molecule has 0 bridgehead atoms. The van der Waals surface area contributed by atoms with Crippen molar-refractivity contribution in [2.75, 3.05) is 13.7 Å². The molecule has 0 radical (unpaired) electrons. The smallest absolute Gasteiger partial charge is 0.305 e. The standard InChI is InChI=1S/C23H31NO4/c1-28-23(27)14-7-2-3-8-17-24-20(12-9-13-22(24)26)15-16-21(25)18-19-10-5-4-6-11-19/h3-6,8,10-11,15-16,20-21,25H,2,7,9,12-14,17-18H2,1H3/b8-3?,16-15-/t20-,21?/m1/s1. The number of hydrogen-bond donors (Lipinski definition) is 1. The van der Waals surface area contributed by atoms with Crippen LogP contribution in [0.5, 0.6) is 0 Å². The number of carbonyl (C=O) groups excluding carboxylic acids is 2. The summed E-state index contributed by atoms with van der Waals surface area (Å²) in [5.41, 5.74) is 1.09. The van der Waals surface area contributed by atoms with E-state index in [2.05, 4.69) is 4.74 Å². The summed E-state index contributed by atoms with van der Waals surface area (Å²) in [5, 5.41) is 10.3. The molecule has 0 saturated carbocycles. The van der Waals surface area contributed by atoms with Crippen molar-refractivity contribution in [3.05, 3.63) is 60.2 Å². The van der Waals surface area contributed by atoms with E-state index in [1.165, 1.54) is 7.11 Å². The van der Waals surface area contributed by atoms with Gasteiger partial charge in [0.25, 0.3) is 0 Å². The van der Waals surface area contributed by atoms with Crippen LogP contribution in [0.4, 0.5) is 0 Å². The van der Waals surface area contributed by atoms with E-state index in [-0.39, 0.29) is 17.9 Å². The maximum atomic E-state index is 12.3. The number of unbranched alkanes of at least 4 members (excludes halogenated alkanes) is 1. The normalized spacial score (nSPS) is 18.7. The van der Waals surface area contributed by atoms with Gasteiger partial charge in [-0.05, 0) is 31.2 Å². The number of aliphatic hydroxyl groups is 1. The van der Waals surface area contributed by atoms with Crippen LogP contribution in [0.25, 0.3) is 0 Å². The van der Waals surface area contributed by atoms with E-state index in [0.717, 1.165) is 31.2 Å². The number of rotatable bonds is 10. The van der Waals surface area contributed by atoms with Crippen molar-refractivity contribution in [2.24, 2.45) is 0 Å². The van der Waals surface area contributed by atoms with Gasteiger partial charge in [-0.1, -0.05) is 54.6 Å². The number of aliphatic hydroxyl groups excluding tert-OH is 1. The lowest BCUT2D eigenvalue weighted by Gasteiger charge is -2.33. The maximum Gasteiger partial charge on any atom is 0.305 e. The Morgan fingerprint density at radius 1 is 1.32 bits per heavy atom. The van der Waals surface area contributed by atoms with Crippen LogP contribution in [0, 0.1) is 0 Å². The molecule has 0 spiro atoms. The molecule has 1 aliphatic heterocycles. The minimum atomic E-state index is -0.560. The number of likely N-dealkylation sites (tertiary alicyclic amines) is 1. The zero-order valence-corrected chi connectivity index (χ0v) is 16.6. The van der Waals surface area contributed by atoms with Gasteiger partial charge in [0.1, 0.15) is 0 Å². The Bertz CT molecular complexity index is 668. The van der Waals surface area contributed by atoms with Crippen molar-refractivity contribution in [1.29, 1.82) is 0 Å². The highest BCUT2D eigenvalue weighted by Gasteiger charge is 2.25. The molecule has 5 heteroatoms. The Morgan fingerprint density at radius 3 is 2.86 bits per heavy atom. The lowest BCUT2D eigenvalue weighted by atomic mass is 9.99. The SMILES string of the molecule is COC(=O)CCCC=CCN1C(=O)CCC[C@@H]1/C=C\C(O)Cc1ccccc1. The first-order valence-electron chi connectivity index (χ1n) is 10.0. The summed E-state index contributed by atoms with van der Waals surface area (Å²) in [6.45, 7) is 0.556. The summed E-state index contributed by atoms with van der Waals surface area (Å²) in [4.78, 5) is 25.3. The Labute approximate surface area is 167 Å². The highest BCUT2D eigenvalue weighted by atomic mass is 16.5. The Morgan fingerprint density at radius 2 is 2.11 bits per heavy atom. The van der Waals surface area contributed by atoms with Gasteiger partial charge in [0.05, 0.1) is 19.3 Å². The summed E-state index contributed by atoms with van der Waals surface area (Å²) in [6.07, 6.45) is 12.1.